The summed E-state index contributed by atoms with van der Waals surface area (Å²) in [6, 6.07) is 7.80. The highest BCUT2D eigenvalue weighted by atomic mass is 32.2. The number of thioether (sulfide) groups is 1. The first-order valence-corrected chi connectivity index (χ1v) is 11.2. The number of hydrogen-bond acceptors (Lipinski definition) is 7. The molecule has 1 aliphatic heterocycles. The van der Waals surface area contributed by atoms with Crippen molar-refractivity contribution in [1.82, 2.24) is 15.0 Å². The normalized spacial score (nSPS) is 17.1. The molecule has 4 rings (SSSR count). The molecule has 146 valence electrons. The van der Waals surface area contributed by atoms with Gasteiger partial charge in [0, 0.05) is 18.8 Å². The standard InChI is InChI=1S/C20H23N5OS2/c1-13-5-3-7-15(9-13)23-16(26)11-27-19-17-18(21-12-22-19)24-20(28-17)25-8-4-6-14(2)10-25/h3,5,7,9,12,14H,4,6,8,10-11H2,1-2H3,(H,23,26). The van der Waals surface area contributed by atoms with Crippen molar-refractivity contribution in [3.05, 3.63) is 36.2 Å². The zero-order valence-corrected chi connectivity index (χ0v) is 17.6. The summed E-state index contributed by atoms with van der Waals surface area (Å²) >= 11 is 3.06. The fourth-order valence-electron chi connectivity index (χ4n) is 3.38. The Morgan fingerprint density at radius 3 is 3.11 bits per heavy atom. The molecule has 1 atom stereocenters. The summed E-state index contributed by atoms with van der Waals surface area (Å²) in [7, 11) is 0. The van der Waals surface area contributed by atoms with Crippen molar-refractivity contribution in [1.29, 1.82) is 0 Å². The summed E-state index contributed by atoms with van der Waals surface area (Å²) < 4.78 is 0.962. The van der Waals surface area contributed by atoms with Crippen molar-refractivity contribution in [2.75, 3.05) is 29.1 Å². The van der Waals surface area contributed by atoms with E-state index < -0.39 is 0 Å². The van der Waals surface area contributed by atoms with Crippen molar-refractivity contribution in [3.8, 4) is 0 Å². The fraction of sp³-hybridized carbons (Fsp3) is 0.400. The topological polar surface area (TPSA) is 71.0 Å². The molecule has 1 fully saturated rings. The van der Waals surface area contributed by atoms with Gasteiger partial charge in [-0.2, -0.15) is 4.98 Å². The Morgan fingerprint density at radius 1 is 1.39 bits per heavy atom. The summed E-state index contributed by atoms with van der Waals surface area (Å²) in [5.74, 6) is 0.941. The van der Waals surface area contributed by atoms with Gasteiger partial charge in [-0.15, -0.1) is 0 Å². The Balaban J connectivity index is 1.45. The largest absolute Gasteiger partial charge is 0.348 e. The van der Waals surface area contributed by atoms with Gasteiger partial charge >= 0.3 is 0 Å². The molecule has 3 aromatic rings. The summed E-state index contributed by atoms with van der Waals surface area (Å²) in [6.07, 6.45) is 4.01. The predicted octanol–water partition coefficient (Wildman–Crippen LogP) is 4.36. The molecule has 1 amide bonds. The van der Waals surface area contributed by atoms with Gasteiger partial charge in [0.1, 0.15) is 16.1 Å². The van der Waals surface area contributed by atoms with Crippen molar-refractivity contribution in [3.63, 3.8) is 0 Å². The van der Waals surface area contributed by atoms with Crippen LogP contribution in [0.15, 0.2) is 35.6 Å². The first-order chi connectivity index (χ1) is 13.6. The first kappa shape index (κ1) is 19.1. The fourth-order valence-corrected chi connectivity index (χ4v) is 5.30. The number of anilines is 2. The van der Waals surface area contributed by atoms with Crippen LogP contribution in [0.3, 0.4) is 0 Å². The highest BCUT2D eigenvalue weighted by molar-refractivity contribution is 8.00. The minimum atomic E-state index is -0.0445. The Bertz CT molecular complexity index is 990. The molecule has 0 radical (unpaired) electrons. The summed E-state index contributed by atoms with van der Waals surface area (Å²) in [4.78, 5) is 28.1. The molecule has 1 unspecified atom stereocenters. The van der Waals surface area contributed by atoms with Crippen LogP contribution in [0, 0.1) is 12.8 Å². The van der Waals surface area contributed by atoms with Crippen LogP contribution in [-0.2, 0) is 4.79 Å². The third kappa shape index (κ3) is 4.44. The highest BCUT2D eigenvalue weighted by Gasteiger charge is 2.21. The number of piperidine rings is 1. The van der Waals surface area contributed by atoms with E-state index in [2.05, 4.69) is 27.1 Å². The number of rotatable bonds is 5. The number of benzene rings is 1. The van der Waals surface area contributed by atoms with Crippen molar-refractivity contribution < 1.29 is 4.79 Å². The molecule has 3 heterocycles. The predicted molar refractivity (Wildman–Crippen MR) is 116 cm³/mol. The maximum Gasteiger partial charge on any atom is 0.234 e. The molecule has 0 bridgehead atoms. The molecule has 1 aromatic carbocycles. The van der Waals surface area contributed by atoms with Gasteiger partial charge in [0.2, 0.25) is 5.91 Å². The number of aromatic nitrogens is 3. The van der Waals surface area contributed by atoms with Gasteiger partial charge in [0.15, 0.2) is 10.8 Å². The maximum absolute atomic E-state index is 12.3. The minimum absolute atomic E-state index is 0.0445. The number of nitrogens with zero attached hydrogens (tertiary/aromatic N) is 4. The van der Waals surface area contributed by atoms with Gasteiger partial charge in [0.25, 0.3) is 0 Å². The van der Waals surface area contributed by atoms with E-state index in [1.165, 1.54) is 30.9 Å². The van der Waals surface area contributed by atoms with Crippen molar-refractivity contribution in [2.24, 2.45) is 5.92 Å². The Labute approximate surface area is 172 Å². The Hall–Kier alpha value is -2.19. The van der Waals surface area contributed by atoms with Crippen LogP contribution in [0.1, 0.15) is 25.3 Å². The monoisotopic (exact) mass is 413 g/mol. The molecule has 0 aliphatic carbocycles. The van der Waals surface area contributed by atoms with Crippen LogP contribution < -0.4 is 10.2 Å². The number of carbonyl (C=O) groups excluding carboxylic acids is 1. The molecule has 1 N–H and O–H groups in total. The van der Waals surface area contributed by atoms with E-state index in [0.717, 1.165) is 44.8 Å². The zero-order valence-electron chi connectivity index (χ0n) is 16.0. The molecule has 2 aromatic heterocycles. The molecular formula is C20H23N5OS2. The average Bonchev–Trinajstić information content (AvgIpc) is 3.11. The summed E-state index contributed by atoms with van der Waals surface area (Å²) in [5.41, 5.74) is 2.65. The number of aryl methyl sites for hydroxylation is 1. The van der Waals surface area contributed by atoms with Gasteiger partial charge in [0.05, 0.1) is 5.75 Å². The smallest absolute Gasteiger partial charge is 0.234 e. The lowest BCUT2D eigenvalue weighted by molar-refractivity contribution is -0.113. The van der Waals surface area contributed by atoms with Crippen LogP contribution in [0.4, 0.5) is 10.8 Å². The maximum atomic E-state index is 12.3. The number of hydrogen-bond donors (Lipinski definition) is 1. The van der Waals surface area contributed by atoms with Gasteiger partial charge in [-0.1, -0.05) is 42.2 Å². The molecule has 0 spiro atoms. The van der Waals surface area contributed by atoms with Crippen molar-refractivity contribution in [2.45, 2.75) is 31.7 Å². The van der Waals surface area contributed by atoms with E-state index in [1.807, 2.05) is 31.2 Å². The second kappa shape index (κ2) is 8.45. The van der Waals surface area contributed by atoms with E-state index in [9.17, 15) is 4.79 Å². The Morgan fingerprint density at radius 2 is 2.29 bits per heavy atom. The number of fused-ring (bicyclic) bond motifs is 1. The van der Waals surface area contributed by atoms with Crippen LogP contribution in [-0.4, -0.2) is 39.7 Å². The number of thiazole rings is 1. The van der Waals surface area contributed by atoms with E-state index in [4.69, 9.17) is 4.98 Å². The molecular weight excluding hydrogens is 390 g/mol. The summed E-state index contributed by atoms with van der Waals surface area (Å²) in [5, 5.41) is 4.76. The summed E-state index contributed by atoms with van der Waals surface area (Å²) in [6.45, 7) is 6.37. The van der Waals surface area contributed by atoms with Gasteiger partial charge in [-0.05, 0) is 43.4 Å². The average molecular weight is 414 g/mol. The van der Waals surface area contributed by atoms with E-state index in [1.54, 1.807) is 11.3 Å². The number of nitrogens with one attached hydrogen (secondary N) is 1. The molecule has 8 heteroatoms. The number of carbonyl (C=O) groups is 1. The van der Waals surface area contributed by atoms with Crippen LogP contribution >= 0.6 is 23.1 Å². The quantitative estimate of drug-likeness (QED) is 0.495. The van der Waals surface area contributed by atoms with Gasteiger partial charge < -0.3 is 10.2 Å². The lowest BCUT2D eigenvalue weighted by Crippen LogP contribution is -2.34. The third-order valence-corrected chi connectivity index (χ3v) is 6.95. The zero-order chi connectivity index (χ0) is 19.5. The van der Waals surface area contributed by atoms with Gasteiger partial charge in [-0.25, -0.2) is 9.97 Å². The van der Waals surface area contributed by atoms with E-state index in [-0.39, 0.29) is 5.91 Å². The molecule has 1 saturated heterocycles. The van der Waals surface area contributed by atoms with Crippen LogP contribution in [0.5, 0.6) is 0 Å². The molecule has 28 heavy (non-hydrogen) atoms. The SMILES string of the molecule is Cc1cccc(NC(=O)CSc2ncnc3nc(N4CCCC(C)C4)sc23)c1. The first-order valence-electron chi connectivity index (χ1n) is 9.44. The number of amides is 1. The second-order valence-corrected chi connectivity index (χ2v) is 9.17. The molecule has 1 aliphatic rings. The van der Waals surface area contributed by atoms with Crippen LogP contribution in [0.2, 0.25) is 0 Å². The second-order valence-electron chi connectivity index (χ2n) is 7.23. The highest BCUT2D eigenvalue weighted by Crippen LogP contribution is 2.35. The third-order valence-electron chi connectivity index (χ3n) is 4.72. The van der Waals surface area contributed by atoms with E-state index >= 15 is 0 Å². The van der Waals surface area contributed by atoms with Crippen molar-refractivity contribution >= 4 is 50.2 Å². The lowest BCUT2D eigenvalue weighted by atomic mass is 10.0. The van der Waals surface area contributed by atoms with Crippen LogP contribution in [0.25, 0.3) is 10.3 Å². The molecule has 0 saturated carbocycles. The lowest BCUT2D eigenvalue weighted by Gasteiger charge is -2.30. The van der Waals surface area contributed by atoms with Gasteiger partial charge in [-0.3, -0.25) is 4.79 Å². The minimum Gasteiger partial charge on any atom is -0.348 e. The van der Waals surface area contributed by atoms with E-state index in [0.29, 0.717) is 11.7 Å². The Kier molecular flexibility index (Phi) is 5.77. The molecule has 6 nitrogen and oxygen atoms in total.